The number of nitrogens with two attached hydrogens (primary N) is 1. The van der Waals surface area contributed by atoms with E-state index in [-0.39, 0.29) is 6.03 Å². The van der Waals surface area contributed by atoms with Crippen LogP contribution in [0.4, 0.5) is 16.2 Å². The van der Waals surface area contributed by atoms with Gasteiger partial charge in [0.15, 0.2) is 0 Å². The maximum atomic E-state index is 12.0. The van der Waals surface area contributed by atoms with Crippen molar-refractivity contribution in [3.8, 4) is 0 Å². The summed E-state index contributed by atoms with van der Waals surface area (Å²) in [4.78, 5) is 13.7. The third-order valence-electron chi connectivity index (χ3n) is 3.18. The number of rotatable bonds is 1. The monoisotopic (exact) mass is 217 g/mol. The van der Waals surface area contributed by atoms with Crippen LogP contribution in [-0.2, 0) is 6.42 Å². The fraction of sp³-hybridized carbons (Fsp3) is 0.417. The molecule has 1 aromatic carbocycles. The molecule has 0 spiro atoms. The number of hydrogen-bond donors (Lipinski definition) is 2. The van der Waals surface area contributed by atoms with Crippen LogP contribution in [0.2, 0.25) is 0 Å². The van der Waals surface area contributed by atoms with Crippen LogP contribution in [0.3, 0.4) is 0 Å². The number of fused-ring (bicyclic) bond motifs is 1. The molecule has 3 rings (SSSR count). The second kappa shape index (κ2) is 3.40. The number of urea groups is 1. The topological polar surface area (TPSA) is 58.4 Å². The Morgan fingerprint density at radius 3 is 3.00 bits per heavy atom. The Hall–Kier alpha value is -1.71. The predicted octanol–water partition coefficient (Wildman–Crippen LogP) is 1.50. The molecule has 3 N–H and O–H groups in total. The smallest absolute Gasteiger partial charge is 0.322 e. The zero-order valence-electron chi connectivity index (χ0n) is 9.07. The molecule has 4 heteroatoms. The van der Waals surface area contributed by atoms with Gasteiger partial charge < -0.3 is 11.1 Å². The number of amides is 2. The zero-order valence-corrected chi connectivity index (χ0v) is 9.07. The molecule has 0 atom stereocenters. The van der Waals surface area contributed by atoms with Gasteiger partial charge in [-0.3, -0.25) is 4.90 Å². The number of hydrogen-bond acceptors (Lipinski definition) is 2. The SMILES string of the molecule is Nc1cccc2c1N(C(=O)NC1CC1)CC2. The van der Waals surface area contributed by atoms with Crippen LogP contribution in [0.1, 0.15) is 18.4 Å². The first-order valence-electron chi connectivity index (χ1n) is 5.71. The van der Waals surface area contributed by atoms with Crippen LogP contribution in [0.5, 0.6) is 0 Å². The van der Waals surface area contributed by atoms with Gasteiger partial charge in [-0.1, -0.05) is 12.1 Å². The maximum absolute atomic E-state index is 12.0. The van der Waals surface area contributed by atoms with Gasteiger partial charge in [-0.05, 0) is 30.9 Å². The van der Waals surface area contributed by atoms with E-state index in [2.05, 4.69) is 5.32 Å². The fourth-order valence-corrected chi connectivity index (χ4v) is 2.17. The van der Waals surface area contributed by atoms with Crippen LogP contribution in [0.15, 0.2) is 18.2 Å². The van der Waals surface area contributed by atoms with Crippen LogP contribution in [-0.4, -0.2) is 18.6 Å². The van der Waals surface area contributed by atoms with Gasteiger partial charge in [0.25, 0.3) is 0 Å². The van der Waals surface area contributed by atoms with Crippen molar-refractivity contribution in [3.05, 3.63) is 23.8 Å². The van der Waals surface area contributed by atoms with Crippen molar-refractivity contribution in [3.63, 3.8) is 0 Å². The summed E-state index contributed by atoms with van der Waals surface area (Å²) in [5.41, 5.74) is 8.70. The highest BCUT2D eigenvalue weighted by molar-refractivity contribution is 5.98. The summed E-state index contributed by atoms with van der Waals surface area (Å²) in [5, 5.41) is 3.00. The molecule has 16 heavy (non-hydrogen) atoms. The Morgan fingerprint density at radius 1 is 1.44 bits per heavy atom. The lowest BCUT2D eigenvalue weighted by molar-refractivity contribution is 0.246. The highest BCUT2D eigenvalue weighted by Crippen LogP contribution is 2.33. The number of benzene rings is 1. The molecule has 0 aromatic heterocycles. The Kier molecular flexibility index (Phi) is 2.02. The average molecular weight is 217 g/mol. The van der Waals surface area contributed by atoms with Gasteiger partial charge in [0, 0.05) is 12.6 Å². The molecular formula is C12H15N3O. The number of carbonyl (C=O) groups excluding carboxylic acids is 1. The highest BCUT2D eigenvalue weighted by atomic mass is 16.2. The molecule has 1 fully saturated rings. The van der Waals surface area contributed by atoms with E-state index in [9.17, 15) is 4.79 Å². The van der Waals surface area contributed by atoms with Crippen molar-refractivity contribution < 1.29 is 4.79 Å². The van der Waals surface area contributed by atoms with E-state index in [4.69, 9.17) is 5.73 Å². The summed E-state index contributed by atoms with van der Waals surface area (Å²) in [6.07, 6.45) is 3.12. The summed E-state index contributed by atoms with van der Waals surface area (Å²) in [6.45, 7) is 0.738. The largest absolute Gasteiger partial charge is 0.397 e. The minimum absolute atomic E-state index is 0.000787. The van der Waals surface area contributed by atoms with Crippen molar-refractivity contribution >= 4 is 17.4 Å². The lowest BCUT2D eigenvalue weighted by atomic mass is 10.1. The van der Waals surface area contributed by atoms with E-state index in [0.29, 0.717) is 11.7 Å². The second-order valence-corrected chi connectivity index (χ2v) is 4.48. The van der Waals surface area contributed by atoms with Crippen molar-refractivity contribution in [1.29, 1.82) is 0 Å². The number of para-hydroxylation sites is 1. The molecule has 0 saturated heterocycles. The van der Waals surface area contributed by atoms with Gasteiger partial charge >= 0.3 is 6.03 Å². The molecule has 84 valence electrons. The molecule has 0 unspecified atom stereocenters. The molecule has 0 radical (unpaired) electrons. The second-order valence-electron chi connectivity index (χ2n) is 4.48. The van der Waals surface area contributed by atoms with Gasteiger partial charge in [-0.25, -0.2) is 4.79 Å². The van der Waals surface area contributed by atoms with Gasteiger partial charge in [0.05, 0.1) is 11.4 Å². The van der Waals surface area contributed by atoms with Crippen molar-refractivity contribution in [2.75, 3.05) is 17.2 Å². The number of nitrogen functional groups attached to an aromatic ring is 1. The van der Waals surface area contributed by atoms with Crippen LogP contribution < -0.4 is 16.0 Å². The molecular weight excluding hydrogens is 202 g/mol. The maximum Gasteiger partial charge on any atom is 0.322 e. The normalized spacial score (nSPS) is 18.4. The Balaban J connectivity index is 1.86. The highest BCUT2D eigenvalue weighted by Gasteiger charge is 2.30. The number of nitrogens with one attached hydrogen (secondary N) is 1. The van der Waals surface area contributed by atoms with Crippen molar-refractivity contribution in [1.82, 2.24) is 5.32 Å². The molecule has 1 heterocycles. The van der Waals surface area contributed by atoms with Crippen molar-refractivity contribution in [2.24, 2.45) is 0 Å². The van der Waals surface area contributed by atoms with Crippen LogP contribution in [0, 0.1) is 0 Å². The van der Waals surface area contributed by atoms with Crippen molar-refractivity contribution in [2.45, 2.75) is 25.3 Å². The van der Waals surface area contributed by atoms with E-state index in [0.717, 1.165) is 31.5 Å². The molecule has 4 nitrogen and oxygen atoms in total. The fourth-order valence-electron chi connectivity index (χ4n) is 2.17. The van der Waals surface area contributed by atoms with Gasteiger partial charge in [-0.15, -0.1) is 0 Å². The van der Waals surface area contributed by atoms with Crippen LogP contribution >= 0.6 is 0 Å². The minimum Gasteiger partial charge on any atom is -0.397 e. The zero-order chi connectivity index (χ0) is 11.1. The summed E-state index contributed by atoms with van der Waals surface area (Å²) in [5.74, 6) is 0. The van der Waals surface area contributed by atoms with E-state index in [1.54, 1.807) is 4.90 Å². The minimum atomic E-state index is -0.000787. The van der Waals surface area contributed by atoms with Gasteiger partial charge in [0.2, 0.25) is 0 Å². The summed E-state index contributed by atoms with van der Waals surface area (Å²) in [6, 6.07) is 6.22. The number of carbonyl (C=O) groups is 1. The Labute approximate surface area is 94.4 Å². The summed E-state index contributed by atoms with van der Waals surface area (Å²) in [7, 11) is 0. The first-order chi connectivity index (χ1) is 7.75. The summed E-state index contributed by atoms with van der Waals surface area (Å²) >= 11 is 0. The molecule has 0 bridgehead atoms. The van der Waals surface area contributed by atoms with E-state index < -0.39 is 0 Å². The molecule has 1 aliphatic heterocycles. The molecule has 2 amide bonds. The van der Waals surface area contributed by atoms with E-state index >= 15 is 0 Å². The predicted molar refractivity (Wildman–Crippen MR) is 63.5 cm³/mol. The molecule has 1 aromatic rings. The standard InChI is InChI=1S/C12H15N3O/c13-10-3-1-2-8-6-7-15(11(8)10)12(16)14-9-4-5-9/h1-3,9H,4-7,13H2,(H,14,16). The van der Waals surface area contributed by atoms with Gasteiger partial charge in [0.1, 0.15) is 0 Å². The van der Waals surface area contributed by atoms with E-state index in [1.165, 1.54) is 5.56 Å². The lowest BCUT2D eigenvalue weighted by Crippen LogP contribution is -2.40. The quantitative estimate of drug-likeness (QED) is 0.700. The van der Waals surface area contributed by atoms with E-state index in [1.807, 2.05) is 18.2 Å². The molecule has 1 aliphatic carbocycles. The lowest BCUT2D eigenvalue weighted by Gasteiger charge is -2.19. The average Bonchev–Trinajstić information content (AvgIpc) is 2.96. The first-order valence-corrected chi connectivity index (χ1v) is 5.71. The Bertz CT molecular complexity index is 440. The van der Waals surface area contributed by atoms with Gasteiger partial charge in [-0.2, -0.15) is 0 Å². The summed E-state index contributed by atoms with van der Waals surface area (Å²) < 4.78 is 0. The number of anilines is 2. The third-order valence-corrected chi connectivity index (χ3v) is 3.18. The van der Waals surface area contributed by atoms with Crippen LogP contribution in [0.25, 0.3) is 0 Å². The molecule has 1 saturated carbocycles. The molecule has 2 aliphatic rings. The Morgan fingerprint density at radius 2 is 2.25 bits per heavy atom. The third kappa shape index (κ3) is 1.50. The number of nitrogens with zero attached hydrogens (tertiary/aromatic N) is 1. The first kappa shape index (κ1) is 9.51.